The minimum Gasteiger partial charge on any atom is -0.755 e. The van der Waals surface area contributed by atoms with Gasteiger partial charge >= 0.3 is 0 Å². The average molecular weight is 184 g/mol. The molecule has 1 aromatic carbocycles. The predicted octanol–water partition coefficient (Wildman–Crippen LogP) is 1.51. The van der Waals surface area contributed by atoms with E-state index in [9.17, 15) is 8.76 Å². The molecule has 0 bridgehead atoms. The molecule has 0 saturated carbocycles. The molecule has 4 heteroatoms. The normalized spacial score (nSPS) is 12.6. The third-order valence-corrected chi connectivity index (χ3v) is 1.83. The maximum Gasteiger partial charge on any atom is 0.0457 e. The van der Waals surface area contributed by atoms with Crippen LogP contribution in [0.15, 0.2) is 18.2 Å². The first kappa shape index (κ1) is 9.22. The number of aryl methyl sites for hydroxylation is 2. The quantitative estimate of drug-likeness (QED) is 0.708. The summed E-state index contributed by atoms with van der Waals surface area (Å²) in [5, 5.41) is 0. The van der Waals surface area contributed by atoms with Crippen molar-refractivity contribution in [3.63, 3.8) is 0 Å². The summed E-state index contributed by atoms with van der Waals surface area (Å²) in [4.78, 5) is 0. The van der Waals surface area contributed by atoms with E-state index in [1.165, 1.54) is 0 Å². The van der Waals surface area contributed by atoms with Gasteiger partial charge in [-0.05, 0) is 37.1 Å². The van der Waals surface area contributed by atoms with Crippen LogP contribution in [-0.4, -0.2) is 8.76 Å². The van der Waals surface area contributed by atoms with E-state index >= 15 is 0 Å². The van der Waals surface area contributed by atoms with Gasteiger partial charge in [-0.3, -0.25) is 4.21 Å². The zero-order valence-corrected chi connectivity index (χ0v) is 7.77. The van der Waals surface area contributed by atoms with Crippen LogP contribution in [0, 0.1) is 13.8 Å². The minimum absolute atomic E-state index is 0.612. The van der Waals surface area contributed by atoms with Crippen LogP contribution in [0.5, 0.6) is 0 Å². The first-order chi connectivity index (χ1) is 5.58. The van der Waals surface area contributed by atoms with Gasteiger partial charge in [-0.2, -0.15) is 0 Å². The van der Waals surface area contributed by atoms with Crippen molar-refractivity contribution in [1.82, 2.24) is 0 Å². The van der Waals surface area contributed by atoms with Gasteiger partial charge in [0, 0.05) is 17.0 Å². The molecule has 0 heterocycles. The van der Waals surface area contributed by atoms with E-state index in [1.54, 1.807) is 12.1 Å². The van der Waals surface area contributed by atoms with Gasteiger partial charge in [0.2, 0.25) is 0 Å². The van der Waals surface area contributed by atoms with E-state index in [0.29, 0.717) is 5.69 Å². The van der Waals surface area contributed by atoms with Crippen LogP contribution in [0.3, 0.4) is 0 Å². The van der Waals surface area contributed by atoms with Crippen LogP contribution in [-0.2, 0) is 11.3 Å². The van der Waals surface area contributed by atoms with Gasteiger partial charge in [0.15, 0.2) is 0 Å². The Morgan fingerprint density at radius 1 is 1.25 bits per heavy atom. The lowest BCUT2D eigenvalue weighted by molar-refractivity contribution is 0.542. The third kappa shape index (κ3) is 2.64. The number of hydrogen-bond donors (Lipinski definition) is 1. The SMILES string of the molecule is Cc1cc(C)cc(NS(=O)[O-])c1. The smallest absolute Gasteiger partial charge is 0.0457 e. The maximum atomic E-state index is 10.3. The lowest BCUT2D eigenvalue weighted by Crippen LogP contribution is -2.02. The second-order valence-electron chi connectivity index (χ2n) is 2.71. The summed E-state index contributed by atoms with van der Waals surface area (Å²) in [6.45, 7) is 3.85. The summed E-state index contributed by atoms with van der Waals surface area (Å²) in [5.74, 6) is 0. The molecule has 66 valence electrons. The molecule has 0 radical (unpaired) electrons. The molecule has 0 amide bonds. The van der Waals surface area contributed by atoms with Gasteiger partial charge in [-0.25, -0.2) is 0 Å². The third-order valence-electron chi connectivity index (χ3n) is 1.42. The lowest BCUT2D eigenvalue weighted by atomic mass is 10.1. The van der Waals surface area contributed by atoms with Crippen molar-refractivity contribution in [2.24, 2.45) is 0 Å². The van der Waals surface area contributed by atoms with E-state index in [1.807, 2.05) is 19.9 Å². The van der Waals surface area contributed by atoms with Crippen LogP contribution < -0.4 is 4.72 Å². The molecule has 0 aliphatic rings. The van der Waals surface area contributed by atoms with Gasteiger partial charge in [0.25, 0.3) is 0 Å². The van der Waals surface area contributed by atoms with Gasteiger partial charge < -0.3 is 9.27 Å². The van der Waals surface area contributed by atoms with Crippen LogP contribution in [0.1, 0.15) is 11.1 Å². The predicted molar refractivity (Wildman–Crippen MR) is 48.5 cm³/mol. The van der Waals surface area contributed by atoms with Crippen molar-refractivity contribution < 1.29 is 8.76 Å². The Labute approximate surface area is 74.2 Å². The summed E-state index contributed by atoms with van der Waals surface area (Å²) in [6, 6.07) is 5.55. The zero-order chi connectivity index (χ0) is 9.14. The Morgan fingerprint density at radius 2 is 1.75 bits per heavy atom. The number of anilines is 1. The van der Waals surface area contributed by atoms with Crippen LogP contribution in [0.2, 0.25) is 0 Å². The monoisotopic (exact) mass is 184 g/mol. The highest BCUT2D eigenvalue weighted by Crippen LogP contribution is 2.13. The van der Waals surface area contributed by atoms with Crippen molar-refractivity contribution in [3.8, 4) is 0 Å². The van der Waals surface area contributed by atoms with Crippen molar-refractivity contribution in [1.29, 1.82) is 0 Å². The van der Waals surface area contributed by atoms with Crippen molar-refractivity contribution in [2.75, 3.05) is 4.72 Å². The molecule has 0 aliphatic heterocycles. The maximum absolute atomic E-state index is 10.3. The molecule has 1 rings (SSSR count). The van der Waals surface area contributed by atoms with Gasteiger partial charge in [0.1, 0.15) is 0 Å². The molecular weight excluding hydrogens is 174 g/mol. The Morgan fingerprint density at radius 3 is 2.17 bits per heavy atom. The first-order valence-electron chi connectivity index (χ1n) is 3.52. The van der Waals surface area contributed by atoms with Gasteiger partial charge in [-0.1, -0.05) is 6.07 Å². The van der Waals surface area contributed by atoms with Crippen LogP contribution >= 0.6 is 0 Å². The van der Waals surface area contributed by atoms with E-state index < -0.39 is 11.3 Å². The second-order valence-corrected chi connectivity index (χ2v) is 3.39. The molecule has 1 N–H and O–H groups in total. The number of hydrogen-bond acceptors (Lipinski definition) is 2. The first-order valence-corrected chi connectivity index (χ1v) is 4.59. The fourth-order valence-electron chi connectivity index (χ4n) is 1.13. The fraction of sp³-hybridized carbons (Fsp3) is 0.250. The Kier molecular flexibility index (Phi) is 2.83. The number of benzene rings is 1. The minimum atomic E-state index is -2.23. The van der Waals surface area contributed by atoms with Gasteiger partial charge in [0.05, 0.1) is 0 Å². The largest absolute Gasteiger partial charge is 0.755 e. The standard InChI is InChI=1S/C8H11NO2S/c1-6-3-7(2)5-8(4-6)9-12(10)11/h3-5,9H,1-2H3,(H,10,11)/p-1. The van der Waals surface area contributed by atoms with Crippen LogP contribution in [0.4, 0.5) is 5.69 Å². The summed E-state index contributed by atoms with van der Waals surface area (Å²) < 4.78 is 22.9. The molecule has 0 aromatic heterocycles. The summed E-state index contributed by atoms with van der Waals surface area (Å²) in [7, 11) is 0. The molecule has 0 spiro atoms. The number of rotatable bonds is 2. The highest BCUT2D eigenvalue weighted by Gasteiger charge is 1.93. The van der Waals surface area contributed by atoms with Crippen molar-refractivity contribution in [2.45, 2.75) is 13.8 Å². The fourth-order valence-corrected chi connectivity index (χ4v) is 1.44. The van der Waals surface area contributed by atoms with Crippen molar-refractivity contribution >= 4 is 17.0 Å². The van der Waals surface area contributed by atoms with E-state index in [-0.39, 0.29) is 0 Å². The number of nitrogens with one attached hydrogen (secondary N) is 1. The lowest BCUT2D eigenvalue weighted by Gasteiger charge is -2.09. The van der Waals surface area contributed by atoms with Crippen molar-refractivity contribution in [3.05, 3.63) is 29.3 Å². The summed E-state index contributed by atoms with van der Waals surface area (Å²) >= 11 is -2.23. The molecular formula is C8H10NO2S-. The highest BCUT2D eigenvalue weighted by atomic mass is 32.2. The molecule has 1 atom stereocenters. The topological polar surface area (TPSA) is 52.2 Å². The summed E-state index contributed by atoms with van der Waals surface area (Å²) in [5.41, 5.74) is 2.70. The van der Waals surface area contributed by atoms with E-state index in [4.69, 9.17) is 0 Å². The molecule has 1 aromatic rings. The Balaban J connectivity index is 2.93. The Bertz CT molecular complexity index is 292. The van der Waals surface area contributed by atoms with E-state index in [0.717, 1.165) is 11.1 Å². The molecule has 0 aliphatic carbocycles. The Hall–Kier alpha value is -0.870. The summed E-state index contributed by atoms with van der Waals surface area (Å²) in [6.07, 6.45) is 0. The zero-order valence-electron chi connectivity index (χ0n) is 6.96. The van der Waals surface area contributed by atoms with Crippen LogP contribution in [0.25, 0.3) is 0 Å². The average Bonchev–Trinajstić information content (AvgIpc) is 1.81. The van der Waals surface area contributed by atoms with Gasteiger partial charge in [-0.15, -0.1) is 0 Å². The molecule has 12 heavy (non-hydrogen) atoms. The highest BCUT2D eigenvalue weighted by molar-refractivity contribution is 7.80. The molecule has 1 unspecified atom stereocenters. The molecule has 0 saturated heterocycles. The van der Waals surface area contributed by atoms with E-state index in [2.05, 4.69) is 4.72 Å². The molecule has 3 nitrogen and oxygen atoms in total. The molecule has 0 fully saturated rings. The second kappa shape index (κ2) is 3.69.